The van der Waals surface area contributed by atoms with E-state index < -0.39 is 0 Å². The maximum atomic E-state index is 5.69. The van der Waals surface area contributed by atoms with Crippen molar-refractivity contribution in [2.75, 3.05) is 13.2 Å². The quantitative estimate of drug-likeness (QED) is 0.610. The van der Waals surface area contributed by atoms with Crippen LogP contribution in [0.15, 0.2) is 0 Å². The molecule has 0 aliphatic heterocycles. The van der Waals surface area contributed by atoms with Gasteiger partial charge in [-0.25, -0.2) is 0 Å². The van der Waals surface area contributed by atoms with E-state index in [4.69, 9.17) is 4.74 Å². The minimum Gasteiger partial charge on any atom is -0.378 e. The van der Waals surface area contributed by atoms with Gasteiger partial charge in [0.2, 0.25) is 0 Å². The number of hydrogen-bond donors (Lipinski definition) is 1. The Morgan fingerprint density at radius 1 is 1.07 bits per heavy atom. The van der Waals surface area contributed by atoms with Crippen LogP contribution < -0.4 is 5.32 Å². The van der Waals surface area contributed by atoms with E-state index in [9.17, 15) is 0 Å². The molecule has 0 fully saturated rings. The van der Waals surface area contributed by atoms with Crippen LogP contribution in [0.25, 0.3) is 0 Å². The summed E-state index contributed by atoms with van der Waals surface area (Å²) in [5, 5.41) is 3.38. The van der Waals surface area contributed by atoms with Gasteiger partial charge in [0.1, 0.15) is 0 Å². The summed E-state index contributed by atoms with van der Waals surface area (Å²) in [5.74, 6) is 0.735. The fourth-order valence-corrected chi connectivity index (χ4v) is 1.48. The van der Waals surface area contributed by atoms with E-state index in [2.05, 4.69) is 39.9 Å². The molecule has 1 N–H and O–H groups in total. The maximum absolute atomic E-state index is 5.69. The average molecular weight is 201 g/mol. The lowest BCUT2D eigenvalue weighted by Crippen LogP contribution is -2.25. The first-order chi connectivity index (χ1) is 6.52. The third kappa shape index (κ3) is 10.0. The lowest BCUT2D eigenvalue weighted by molar-refractivity contribution is 0.0504. The molecule has 14 heavy (non-hydrogen) atoms. The second kappa shape index (κ2) is 8.25. The van der Waals surface area contributed by atoms with Gasteiger partial charge < -0.3 is 10.1 Å². The molecule has 0 aromatic heterocycles. The molecule has 0 saturated carbocycles. The van der Waals surface area contributed by atoms with Crippen LogP contribution in [0.5, 0.6) is 0 Å². The summed E-state index contributed by atoms with van der Waals surface area (Å²) in [5.41, 5.74) is 0. The van der Waals surface area contributed by atoms with Crippen molar-refractivity contribution >= 4 is 0 Å². The van der Waals surface area contributed by atoms with Gasteiger partial charge in [0, 0.05) is 12.6 Å². The van der Waals surface area contributed by atoms with Crippen LogP contribution in [0, 0.1) is 5.92 Å². The minimum absolute atomic E-state index is 0.411. The minimum atomic E-state index is 0.411. The molecule has 2 nitrogen and oxygen atoms in total. The first-order valence-electron chi connectivity index (χ1n) is 5.87. The maximum Gasteiger partial charge on any atom is 0.0549 e. The van der Waals surface area contributed by atoms with Gasteiger partial charge in [0.15, 0.2) is 0 Å². The Balaban J connectivity index is 3.19. The molecule has 0 spiro atoms. The molecular formula is C12H27NO. The second-order valence-electron chi connectivity index (χ2n) is 4.77. The van der Waals surface area contributed by atoms with Crippen LogP contribution in [0.3, 0.4) is 0 Å². The molecule has 1 unspecified atom stereocenters. The largest absolute Gasteiger partial charge is 0.378 e. The topological polar surface area (TPSA) is 21.3 Å². The van der Waals surface area contributed by atoms with Crippen molar-refractivity contribution in [3.05, 3.63) is 0 Å². The Morgan fingerprint density at radius 3 is 2.21 bits per heavy atom. The van der Waals surface area contributed by atoms with Crippen molar-refractivity contribution in [2.45, 2.75) is 59.6 Å². The first kappa shape index (κ1) is 13.9. The third-order valence-corrected chi connectivity index (χ3v) is 2.08. The Morgan fingerprint density at radius 2 is 1.71 bits per heavy atom. The third-order valence-electron chi connectivity index (χ3n) is 2.08. The molecule has 0 aliphatic rings. The Kier molecular flexibility index (Phi) is 8.20. The van der Waals surface area contributed by atoms with Crippen LogP contribution in [-0.2, 0) is 4.74 Å². The van der Waals surface area contributed by atoms with Crippen molar-refractivity contribution < 1.29 is 4.74 Å². The molecule has 1 atom stereocenters. The number of hydrogen-bond acceptors (Lipinski definition) is 2. The Hall–Kier alpha value is -0.0800. The second-order valence-corrected chi connectivity index (χ2v) is 4.77. The lowest BCUT2D eigenvalue weighted by Gasteiger charge is -2.15. The van der Waals surface area contributed by atoms with Gasteiger partial charge in [-0.1, -0.05) is 27.7 Å². The van der Waals surface area contributed by atoms with Gasteiger partial charge in [0.25, 0.3) is 0 Å². The summed E-state index contributed by atoms with van der Waals surface area (Å²) < 4.78 is 5.69. The van der Waals surface area contributed by atoms with E-state index >= 15 is 0 Å². The molecule has 2 heteroatoms. The highest BCUT2D eigenvalue weighted by Gasteiger charge is 2.04. The molecule has 0 radical (unpaired) electrons. The number of rotatable bonds is 8. The zero-order valence-electron chi connectivity index (χ0n) is 10.5. The average Bonchev–Trinajstić information content (AvgIpc) is 2.01. The fourth-order valence-electron chi connectivity index (χ4n) is 1.48. The Labute approximate surface area is 89.4 Å². The summed E-state index contributed by atoms with van der Waals surface area (Å²) in [6.07, 6.45) is 2.69. The molecule has 0 bridgehead atoms. The molecule has 0 amide bonds. The van der Waals surface area contributed by atoms with Gasteiger partial charge in [-0.3, -0.25) is 0 Å². The van der Waals surface area contributed by atoms with Crippen molar-refractivity contribution in [1.29, 1.82) is 0 Å². The molecule has 0 saturated heterocycles. The van der Waals surface area contributed by atoms with E-state index in [-0.39, 0.29) is 0 Å². The van der Waals surface area contributed by atoms with E-state index in [1.165, 1.54) is 0 Å². The van der Waals surface area contributed by atoms with E-state index in [0.29, 0.717) is 12.1 Å². The smallest absolute Gasteiger partial charge is 0.0549 e. The molecular weight excluding hydrogens is 174 g/mol. The van der Waals surface area contributed by atoms with Crippen molar-refractivity contribution in [3.8, 4) is 0 Å². The summed E-state index contributed by atoms with van der Waals surface area (Å²) in [6, 6.07) is 0.586. The lowest BCUT2D eigenvalue weighted by atomic mass is 10.1. The summed E-state index contributed by atoms with van der Waals surface area (Å²) >= 11 is 0. The van der Waals surface area contributed by atoms with Crippen molar-refractivity contribution in [1.82, 2.24) is 5.32 Å². The highest BCUT2D eigenvalue weighted by molar-refractivity contribution is 4.55. The van der Waals surface area contributed by atoms with Crippen LogP contribution in [0.4, 0.5) is 0 Å². The van der Waals surface area contributed by atoms with Gasteiger partial charge >= 0.3 is 0 Å². The zero-order valence-corrected chi connectivity index (χ0v) is 10.5. The highest BCUT2D eigenvalue weighted by Crippen LogP contribution is 2.07. The van der Waals surface area contributed by atoms with Gasteiger partial charge in [-0.15, -0.1) is 0 Å². The molecule has 0 aromatic rings. The first-order valence-corrected chi connectivity index (χ1v) is 5.87. The highest BCUT2D eigenvalue weighted by atomic mass is 16.5. The molecule has 0 heterocycles. The molecule has 0 aliphatic carbocycles. The van der Waals surface area contributed by atoms with Gasteiger partial charge in [-0.2, -0.15) is 0 Å². The van der Waals surface area contributed by atoms with Crippen LogP contribution in [0.2, 0.25) is 0 Å². The number of ether oxygens (including phenoxy) is 1. The van der Waals surface area contributed by atoms with Crippen LogP contribution in [-0.4, -0.2) is 25.3 Å². The van der Waals surface area contributed by atoms with Crippen LogP contribution >= 0.6 is 0 Å². The SMILES string of the molecule is CC(C)CC(C)OCCCNC(C)C. The van der Waals surface area contributed by atoms with E-state index in [0.717, 1.165) is 31.9 Å². The molecule has 0 aromatic carbocycles. The van der Waals surface area contributed by atoms with E-state index in [1.54, 1.807) is 0 Å². The predicted octanol–water partition coefficient (Wildman–Crippen LogP) is 2.83. The Bertz CT molecular complexity index is 123. The monoisotopic (exact) mass is 201 g/mol. The van der Waals surface area contributed by atoms with Gasteiger partial charge in [0.05, 0.1) is 6.10 Å². The standard InChI is InChI=1S/C12H27NO/c1-10(2)9-12(5)14-8-6-7-13-11(3)4/h10-13H,6-9H2,1-5H3. The molecule has 86 valence electrons. The van der Waals surface area contributed by atoms with Crippen molar-refractivity contribution in [3.63, 3.8) is 0 Å². The molecule has 0 rings (SSSR count). The van der Waals surface area contributed by atoms with Gasteiger partial charge in [-0.05, 0) is 32.2 Å². The zero-order chi connectivity index (χ0) is 11.0. The summed E-state index contributed by atoms with van der Waals surface area (Å²) in [7, 11) is 0. The predicted molar refractivity (Wildman–Crippen MR) is 62.6 cm³/mol. The van der Waals surface area contributed by atoms with Crippen molar-refractivity contribution in [2.24, 2.45) is 5.92 Å². The van der Waals surface area contributed by atoms with Crippen LogP contribution in [0.1, 0.15) is 47.5 Å². The van der Waals surface area contributed by atoms with E-state index in [1.807, 2.05) is 0 Å². The normalized spacial score (nSPS) is 13.9. The summed E-state index contributed by atoms with van der Waals surface area (Å²) in [4.78, 5) is 0. The fraction of sp³-hybridized carbons (Fsp3) is 1.00. The number of nitrogens with one attached hydrogen (secondary N) is 1. The summed E-state index contributed by atoms with van der Waals surface area (Å²) in [6.45, 7) is 12.9.